The van der Waals surface area contributed by atoms with Crippen molar-refractivity contribution in [2.75, 3.05) is 7.11 Å². The average Bonchev–Trinajstić information content (AvgIpc) is 2.43. The fourth-order valence-corrected chi connectivity index (χ4v) is 2.84. The number of aliphatic hydroxyl groups is 1. The van der Waals surface area contributed by atoms with E-state index in [1.807, 2.05) is 0 Å². The summed E-state index contributed by atoms with van der Waals surface area (Å²) < 4.78 is 5.14. The Morgan fingerprint density at radius 1 is 0.947 bits per heavy atom. The molecule has 0 aliphatic rings. The molecule has 2 heteroatoms. The molecule has 0 aromatic heterocycles. The minimum absolute atomic E-state index is 0.204. The Morgan fingerprint density at radius 2 is 1.47 bits per heavy atom. The molecule has 0 radical (unpaired) electrons. The lowest BCUT2D eigenvalue weighted by Crippen LogP contribution is -2.35. The maximum Gasteiger partial charge on any atom is 0.157 e. The molecule has 0 bridgehead atoms. The van der Waals surface area contributed by atoms with Gasteiger partial charge in [0.05, 0.1) is 0 Å². The molecule has 2 nitrogen and oxygen atoms in total. The number of hydrogen-bond acceptors (Lipinski definition) is 2. The van der Waals surface area contributed by atoms with Gasteiger partial charge in [0.15, 0.2) is 6.29 Å². The molecule has 116 valence electrons. The Morgan fingerprint density at radius 3 is 2.00 bits per heavy atom. The molecule has 3 atom stereocenters. The van der Waals surface area contributed by atoms with E-state index in [0.29, 0.717) is 0 Å². The van der Waals surface area contributed by atoms with Gasteiger partial charge in [-0.05, 0) is 18.3 Å². The molecule has 0 aliphatic carbocycles. The van der Waals surface area contributed by atoms with Crippen LogP contribution in [-0.4, -0.2) is 18.5 Å². The number of methoxy groups -OCH3 is 1. The Labute approximate surface area is 120 Å². The number of unbranched alkanes of at least 4 members (excludes halogenated alkanes) is 5. The predicted octanol–water partition coefficient (Wildman–Crippen LogP) is 5.14. The second kappa shape index (κ2) is 10.7. The Balaban J connectivity index is 4.32. The molecule has 0 rings (SSSR count). The van der Waals surface area contributed by atoms with E-state index in [-0.39, 0.29) is 11.3 Å². The summed E-state index contributed by atoms with van der Waals surface area (Å²) in [6.07, 6.45) is 10.8. The maximum absolute atomic E-state index is 9.98. The van der Waals surface area contributed by atoms with Gasteiger partial charge >= 0.3 is 0 Å². The highest BCUT2D eigenvalue weighted by molar-refractivity contribution is 4.81. The third-order valence-corrected chi connectivity index (χ3v) is 4.72. The summed E-state index contributed by atoms with van der Waals surface area (Å²) in [5.74, 6) is 0.204. The zero-order chi connectivity index (χ0) is 14.7. The van der Waals surface area contributed by atoms with Crippen molar-refractivity contribution >= 4 is 0 Å². The van der Waals surface area contributed by atoms with E-state index in [4.69, 9.17) is 4.74 Å². The van der Waals surface area contributed by atoms with E-state index in [0.717, 1.165) is 0 Å². The lowest BCUT2D eigenvalue weighted by atomic mass is 9.70. The van der Waals surface area contributed by atoms with Gasteiger partial charge in [0.2, 0.25) is 0 Å². The lowest BCUT2D eigenvalue weighted by molar-refractivity contribution is -0.141. The van der Waals surface area contributed by atoms with Crippen molar-refractivity contribution < 1.29 is 9.84 Å². The highest BCUT2D eigenvalue weighted by Crippen LogP contribution is 2.40. The third-order valence-electron chi connectivity index (χ3n) is 4.72. The molecular weight excluding hydrogens is 236 g/mol. The van der Waals surface area contributed by atoms with Gasteiger partial charge in [-0.25, -0.2) is 0 Å². The van der Waals surface area contributed by atoms with Crippen molar-refractivity contribution in [1.29, 1.82) is 0 Å². The molecule has 0 aliphatic heterocycles. The van der Waals surface area contributed by atoms with Crippen LogP contribution in [0.4, 0.5) is 0 Å². The van der Waals surface area contributed by atoms with Crippen LogP contribution in [0.25, 0.3) is 0 Å². The largest absolute Gasteiger partial charge is 0.368 e. The molecule has 0 saturated carbocycles. The summed E-state index contributed by atoms with van der Waals surface area (Å²) in [5, 5.41) is 9.98. The number of ether oxygens (including phenoxy) is 1. The summed E-state index contributed by atoms with van der Waals surface area (Å²) in [5.41, 5.74) is 0.206. The minimum atomic E-state index is -0.627. The summed E-state index contributed by atoms with van der Waals surface area (Å²) >= 11 is 0. The van der Waals surface area contributed by atoms with Crippen LogP contribution >= 0.6 is 0 Å². The van der Waals surface area contributed by atoms with Gasteiger partial charge in [-0.2, -0.15) is 0 Å². The maximum atomic E-state index is 9.98. The van der Waals surface area contributed by atoms with E-state index in [1.54, 1.807) is 7.11 Å². The topological polar surface area (TPSA) is 29.5 Å². The first-order chi connectivity index (χ1) is 9.01. The number of rotatable bonds is 12. The summed E-state index contributed by atoms with van der Waals surface area (Å²) in [6, 6.07) is 0. The SMILES string of the molecule is CCCCCCCC(C)(CCCC)[C@@H](C)[C@@H](O)OC. The second-order valence-corrected chi connectivity index (χ2v) is 6.34. The molecule has 0 spiro atoms. The quantitative estimate of drug-likeness (QED) is 0.393. The Bertz CT molecular complexity index is 205. The van der Waals surface area contributed by atoms with Crippen LogP contribution in [0, 0.1) is 11.3 Å². The Kier molecular flexibility index (Phi) is 10.6. The van der Waals surface area contributed by atoms with Gasteiger partial charge in [-0.1, -0.05) is 72.6 Å². The molecule has 1 N–H and O–H groups in total. The minimum Gasteiger partial charge on any atom is -0.368 e. The Hall–Kier alpha value is -0.0800. The van der Waals surface area contributed by atoms with Crippen molar-refractivity contribution in [3.8, 4) is 0 Å². The summed E-state index contributed by atoms with van der Waals surface area (Å²) in [7, 11) is 1.60. The molecule has 0 aromatic carbocycles. The molecule has 0 amide bonds. The molecular formula is C17H36O2. The molecule has 0 fully saturated rings. The standard InChI is InChI=1S/C17H36O2/c1-6-8-10-11-12-14-17(4,13-9-7-2)15(3)16(18)19-5/h15-16,18H,6-14H2,1-5H3/t15-,16-,17?/m0/s1. The smallest absolute Gasteiger partial charge is 0.157 e. The predicted molar refractivity (Wildman–Crippen MR) is 83.2 cm³/mol. The fourth-order valence-electron chi connectivity index (χ4n) is 2.84. The van der Waals surface area contributed by atoms with Crippen molar-refractivity contribution in [1.82, 2.24) is 0 Å². The van der Waals surface area contributed by atoms with Crippen LogP contribution in [0.15, 0.2) is 0 Å². The van der Waals surface area contributed by atoms with E-state index in [9.17, 15) is 5.11 Å². The second-order valence-electron chi connectivity index (χ2n) is 6.34. The normalized spacial score (nSPS) is 18.0. The third kappa shape index (κ3) is 7.31. The van der Waals surface area contributed by atoms with E-state index in [2.05, 4.69) is 27.7 Å². The first kappa shape index (κ1) is 18.9. The van der Waals surface area contributed by atoms with Crippen molar-refractivity contribution in [2.45, 2.75) is 91.8 Å². The van der Waals surface area contributed by atoms with Gasteiger partial charge in [0.25, 0.3) is 0 Å². The number of hydrogen-bond donors (Lipinski definition) is 1. The fraction of sp³-hybridized carbons (Fsp3) is 1.00. The first-order valence-electron chi connectivity index (χ1n) is 8.22. The zero-order valence-corrected chi connectivity index (χ0v) is 13.9. The van der Waals surface area contributed by atoms with Gasteiger partial charge in [0.1, 0.15) is 0 Å². The monoisotopic (exact) mass is 272 g/mol. The summed E-state index contributed by atoms with van der Waals surface area (Å²) in [6.45, 7) is 8.95. The number of aliphatic hydroxyl groups excluding tert-OH is 1. The summed E-state index contributed by atoms with van der Waals surface area (Å²) in [4.78, 5) is 0. The van der Waals surface area contributed by atoms with Gasteiger partial charge in [-0.3, -0.25) is 0 Å². The van der Waals surface area contributed by atoms with Crippen LogP contribution in [0.2, 0.25) is 0 Å². The first-order valence-corrected chi connectivity index (χ1v) is 8.22. The van der Waals surface area contributed by atoms with Gasteiger partial charge in [0, 0.05) is 13.0 Å². The van der Waals surface area contributed by atoms with Crippen LogP contribution in [0.5, 0.6) is 0 Å². The highest BCUT2D eigenvalue weighted by atomic mass is 16.6. The van der Waals surface area contributed by atoms with Gasteiger partial charge in [-0.15, -0.1) is 0 Å². The zero-order valence-electron chi connectivity index (χ0n) is 13.9. The molecule has 0 saturated heterocycles. The molecule has 1 unspecified atom stereocenters. The van der Waals surface area contributed by atoms with Crippen LogP contribution in [-0.2, 0) is 4.74 Å². The van der Waals surface area contributed by atoms with Crippen molar-refractivity contribution in [3.63, 3.8) is 0 Å². The van der Waals surface area contributed by atoms with Crippen LogP contribution in [0.3, 0.4) is 0 Å². The van der Waals surface area contributed by atoms with Crippen LogP contribution in [0.1, 0.15) is 85.5 Å². The highest BCUT2D eigenvalue weighted by Gasteiger charge is 2.34. The molecule has 0 heterocycles. The lowest BCUT2D eigenvalue weighted by Gasteiger charge is -2.38. The molecule has 19 heavy (non-hydrogen) atoms. The van der Waals surface area contributed by atoms with Crippen molar-refractivity contribution in [2.24, 2.45) is 11.3 Å². The molecule has 0 aromatic rings. The van der Waals surface area contributed by atoms with E-state index >= 15 is 0 Å². The van der Waals surface area contributed by atoms with Gasteiger partial charge < -0.3 is 9.84 Å². The average molecular weight is 272 g/mol. The van der Waals surface area contributed by atoms with Crippen molar-refractivity contribution in [3.05, 3.63) is 0 Å². The van der Waals surface area contributed by atoms with E-state index < -0.39 is 6.29 Å². The van der Waals surface area contributed by atoms with Crippen LogP contribution < -0.4 is 0 Å². The van der Waals surface area contributed by atoms with E-state index in [1.165, 1.54) is 57.8 Å².